The highest BCUT2D eigenvalue weighted by Gasteiger charge is 2.47. The summed E-state index contributed by atoms with van der Waals surface area (Å²) in [4.78, 5) is 18.7. The minimum absolute atomic E-state index is 0.0684. The van der Waals surface area contributed by atoms with Gasteiger partial charge in [0.1, 0.15) is 6.42 Å². The van der Waals surface area contributed by atoms with Gasteiger partial charge in [-0.05, 0) is 30.2 Å². The quantitative estimate of drug-likeness (QED) is 0.592. The van der Waals surface area contributed by atoms with Crippen LogP contribution in [0.3, 0.4) is 0 Å². The second kappa shape index (κ2) is 7.77. The Morgan fingerprint density at radius 1 is 1.23 bits per heavy atom. The number of hydrogen-bond donors (Lipinski definition) is 0. The second-order valence-corrected chi connectivity index (χ2v) is 8.73. The second-order valence-electron chi connectivity index (χ2n) is 7.92. The third-order valence-electron chi connectivity index (χ3n) is 5.66. The highest BCUT2D eigenvalue weighted by atomic mass is 35.5. The van der Waals surface area contributed by atoms with Crippen molar-refractivity contribution in [2.24, 2.45) is 5.16 Å². The van der Waals surface area contributed by atoms with Crippen LogP contribution in [-0.2, 0) is 20.9 Å². The molecule has 0 aliphatic carbocycles. The number of oxime groups is 1. The number of hydrogen-bond acceptors (Lipinski definition) is 4. The van der Waals surface area contributed by atoms with Crippen LogP contribution in [0.1, 0.15) is 36.5 Å². The van der Waals surface area contributed by atoms with Gasteiger partial charge in [0.05, 0.1) is 34.9 Å². The lowest BCUT2D eigenvalue weighted by molar-refractivity contribution is -0.145. The molecular formula is C22H17Cl2F2N3O2. The van der Waals surface area contributed by atoms with Crippen LogP contribution in [0.4, 0.5) is 8.78 Å². The van der Waals surface area contributed by atoms with Crippen LogP contribution in [0, 0.1) is 17.1 Å². The van der Waals surface area contributed by atoms with E-state index in [1.165, 1.54) is 17.0 Å². The van der Waals surface area contributed by atoms with E-state index in [-0.39, 0.29) is 35.5 Å². The van der Waals surface area contributed by atoms with Crippen LogP contribution in [0.25, 0.3) is 0 Å². The summed E-state index contributed by atoms with van der Waals surface area (Å²) in [5, 5.41) is 12.6. The first-order valence-electron chi connectivity index (χ1n) is 9.50. The van der Waals surface area contributed by atoms with Crippen LogP contribution < -0.4 is 0 Å². The molecule has 160 valence electrons. The lowest BCUT2D eigenvalue weighted by atomic mass is 9.85. The Kier molecular flexibility index (Phi) is 5.40. The Hall–Kier alpha value is -2.69. The number of likely N-dealkylation sites (tertiary alicyclic amines) is 1. The fourth-order valence-corrected chi connectivity index (χ4v) is 4.26. The van der Waals surface area contributed by atoms with Crippen molar-refractivity contribution < 1.29 is 18.4 Å². The summed E-state index contributed by atoms with van der Waals surface area (Å²) in [7, 11) is 0. The van der Waals surface area contributed by atoms with Gasteiger partial charge in [-0.25, -0.2) is 8.78 Å². The summed E-state index contributed by atoms with van der Waals surface area (Å²) < 4.78 is 28.8. The Morgan fingerprint density at radius 2 is 1.84 bits per heavy atom. The van der Waals surface area contributed by atoms with Gasteiger partial charge < -0.3 is 9.74 Å². The molecule has 0 bridgehead atoms. The lowest BCUT2D eigenvalue weighted by Crippen LogP contribution is -2.58. The normalized spacial score (nSPS) is 21.7. The number of alkyl halides is 1. The Bertz CT molecular complexity index is 1100. The van der Waals surface area contributed by atoms with Crippen molar-refractivity contribution >= 4 is 34.8 Å². The molecule has 0 spiro atoms. The first kappa shape index (κ1) is 21.5. The molecule has 9 heteroatoms. The number of carbonyl (C=O) groups excluding carboxylic acids is 1. The van der Waals surface area contributed by atoms with Gasteiger partial charge in [-0.15, -0.1) is 0 Å². The standard InChI is InChI=1S/C22H17Cl2F2N3O2/c1-21(15-8-16(23)20(25)17(24)9-15)10-18(28-31-21)13-2-4-14(5-3-13)22(26)11-29(12-22)19(30)6-7-27/h2-5,8-9H,6,10-12H2,1H3. The molecule has 0 aromatic heterocycles. The number of benzene rings is 2. The number of halogens is 4. The zero-order chi connectivity index (χ0) is 22.4. The summed E-state index contributed by atoms with van der Waals surface area (Å²) in [6, 6.07) is 11.5. The first-order valence-corrected chi connectivity index (χ1v) is 10.3. The van der Waals surface area contributed by atoms with Crippen LogP contribution in [0.2, 0.25) is 10.0 Å². The minimum atomic E-state index is -1.63. The number of carbonyl (C=O) groups is 1. The molecule has 1 amide bonds. The fraction of sp³-hybridized carbons (Fsp3) is 0.318. The van der Waals surface area contributed by atoms with E-state index in [1.807, 2.05) is 0 Å². The molecule has 5 nitrogen and oxygen atoms in total. The van der Waals surface area contributed by atoms with Gasteiger partial charge in [0.15, 0.2) is 17.1 Å². The van der Waals surface area contributed by atoms with E-state index in [0.717, 1.165) is 5.56 Å². The molecule has 0 radical (unpaired) electrons. The molecule has 1 saturated heterocycles. The number of amides is 1. The number of nitrogens with zero attached hydrogens (tertiary/aromatic N) is 3. The van der Waals surface area contributed by atoms with Gasteiger partial charge in [-0.3, -0.25) is 4.79 Å². The van der Waals surface area contributed by atoms with Crippen molar-refractivity contribution in [3.8, 4) is 6.07 Å². The first-order chi connectivity index (χ1) is 14.6. The smallest absolute Gasteiger partial charge is 0.237 e. The molecule has 2 heterocycles. The monoisotopic (exact) mass is 463 g/mol. The van der Waals surface area contributed by atoms with Crippen molar-refractivity contribution in [3.05, 3.63) is 69.0 Å². The molecular weight excluding hydrogens is 447 g/mol. The molecule has 2 aliphatic rings. The maximum atomic E-state index is 15.1. The predicted octanol–water partition coefficient (Wildman–Crippen LogP) is 5.09. The van der Waals surface area contributed by atoms with Crippen LogP contribution in [0.15, 0.2) is 41.6 Å². The zero-order valence-electron chi connectivity index (χ0n) is 16.5. The average Bonchev–Trinajstić information content (AvgIpc) is 3.13. The number of nitriles is 1. The van der Waals surface area contributed by atoms with Crippen molar-refractivity contribution in [2.75, 3.05) is 13.1 Å². The molecule has 31 heavy (non-hydrogen) atoms. The molecule has 2 aromatic carbocycles. The maximum absolute atomic E-state index is 15.1. The van der Waals surface area contributed by atoms with Gasteiger partial charge in [0.2, 0.25) is 5.91 Å². The minimum Gasteiger partial charge on any atom is -0.384 e. The van der Waals surface area contributed by atoms with Gasteiger partial charge in [-0.2, -0.15) is 5.26 Å². The Balaban J connectivity index is 1.46. The molecule has 2 aromatic rings. The van der Waals surface area contributed by atoms with Crippen molar-refractivity contribution in [1.82, 2.24) is 4.90 Å². The molecule has 1 atom stereocenters. The van der Waals surface area contributed by atoms with E-state index in [9.17, 15) is 9.18 Å². The fourth-order valence-electron chi connectivity index (χ4n) is 3.77. The van der Waals surface area contributed by atoms with E-state index < -0.39 is 17.1 Å². The maximum Gasteiger partial charge on any atom is 0.237 e. The van der Waals surface area contributed by atoms with Gasteiger partial charge in [0, 0.05) is 12.0 Å². The van der Waals surface area contributed by atoms with E-state index in [1.54, 1.807) is 37.3 Å². The molecule has 2 aliphatic heterocycles. The Morgan fingerprint density at radius 3 is 2.42 bits per heavy atom. The van der Waals surface area contributed by atoms with Crippen molar-refractivity contribution in [2.45, 2.75) is 31.0 Å². The zero-order valence-corrected chi connectivity index (χ0v) is 18.0. The summed E-state index contributed by atoms with van der Waals surface area (Å²) in [5.74, 6) is -1.06. The largest absolute Gasteiger partial charge is 0.384 e. The van der Waals surface area contributed by atoms with Crippen molar-refractivity contribution in [3.63, 3.8) is 0 Å². The van der Waals surface area contributed by atoms with Crippen molar-refractivity contribution in [1.29, 1.82) is 5.26 Å². The highest BCUT2D eigenvalue weighted by molar-refractivity contribution is 6.35. The van der Waals surface area contributed by atoms with Crippen LogP contribution in [-0.4, -0.2) is 29.6 Å². The summed E-state index contributed by atoms with van der Waals surface area (Å²) in [6.07, 6.45) is 0.139. The van der Waals surface area contributed by atoms with E-state index in [4.69, 9.17) is 33.3 Å². The summed E-state index contributed by atoms with van der Waals surface area (Å²) >= 11 is 11.8. The van der Waals surface area contributed by atoms with Crippen LogP contribution >= 0.6 is 23.2 Å². The molecule has 1 unspecified atom stereocenters. The van der Waals surface area contributed by atoms with Gasteiger partial charge in [0.25, 0.3) is 0 Å². The summed E-state index contributed by atoms with van der Waals surface area (Å²) in [6.45, 7) is 1.66. The summed E-state index contributed by atoms with van der Waals surface area (Å²) in [5.41, 5.74) is -0.0418. The highest BCUT2D eigenvalue weighted by Crippen LogP contribution is 2.40. The molecule has 4 rings (SSSR count). The average molecular weight is 464 g/mol. The topological polar surface area (TPSA) is 65.7 Å². The molecule has 0 saturated carbocycles. The van der Waals surface area contributed by atoms with Crippen LogP contribution in [0.5, 0.6) is 0 Å². The van der Waals surface area contributed by atoms with E-state index >= 15 is 4.39 Å². The van der Waals surface area contributed by atoms with Gasteiger partial charge in [-0.1, -0.05) is 52.6 Å². The predicted molar refractivity (Wildman–Crippen MR) is 112 cm³/mol. The third-order valence-corrected chi connectivity index (χ3v) is 6.21. The third kappa shape index (κ3) is 3.86. The van der Waals surface area contributed by atoms with E-state index in [0.29, 0.717) is 23.3 Å². The lowest BCUT2D eigenvalue weighted by Gasteiger charge is -2.44. The van der Waals surface area contributed by atoms with Gasteiger partial charge >= 0.3 is 0 Å². The number of rotatable bonds is 4. The SMILES string of the molecule is CC1(c2cc(Cl)c(F)c(Cl)c2)CC(c2ccc(C3(F)CN(C(=O)CC#N)C3)cc2)=NO1. The Labute approximate surface area is 187 Å². The van der Waals surface area contributed by atoms with E-state index in [2.05, 4.69) is 5.16 Å². The molecule has 1 fully saturated rings. The molecule has 0 N–H and O–H groups in total.